The molecule has 0 saturated heterocycles. The highest BCUT2D eigenvalue weighted by Crippen LogP contribution is 2.18. The molecule has 6 heteroatoms. The molecule has 0 unspecified atom stereocenters. The first-order valence-corrected chi connectivity index (χ1v) is 7.86. The van der Waals surface area contributed by atoms with Gasteiger partial charge in [-0.2, -0.15) is 0 Å². The fourth-order valence-corrected chi connectivity index (χ4v) is 1.94. The topological polar surface area (TPSA) is 78.9 Å². The maximum absolute atomic E-state index is 11.7. The third-order valence-electron chi connectivity index (χ3n) is 3.17. The number of carbonyl (C=O) groups is 1. The van der Waals surface area contributed by atoms with Crippen LogP contribution >= 0.6 is 0 Å². The minimum atomic E-state index is 0.0243. The summed E-state index contributed by atoms with van der Waals surface area (Å²) in [6.45, 7) is 5.35. The van der Waals surface area contributed by atoms with Gasteiger partial charge in [-0.05, 0) is 25.7 Å². The average Bonchev–Trinajstić information content (AvgIpc) is 3.27. The molecular weight excluding hydrogens is 266 g/mol. The number of nitrogens with one attached hydrogen (secondary N) is 3. The molecule has 0 spiro atoms. The lowest BCUT2D eigenvalue weighted by atomic mass is 10.3. The van der Waals surface area contributed by atoms with E-state index in [9.17, 15) is 4.79 Å². The first-order valence-electron chi connectivity index (χ1n) is 7.86. The lowest BCUT2D eigenvalue weighted by Crippen LogP contribution is -2.31. The van der Waals surface area contributed by atoms with Gasteiger partial charge in [0.2, 0.25) is 5.91 Å². The van der Waals surface area contributed by atoms with Crippen LogP contribution in [0.25, 0.3) is 0 Å². The maximum Gasteiger partial charge on any atom is 0.239 e. The quantitative estimate of drug-likeness (QED) is 0.648. The van der Waals surface area contributed by atoms with Crippen LogP contribution in [0.2, 0.25) is 0 Å². The highest BCUT2D eigenvalue weighted by Gasteiger charge is 2.22. The van der Waals surface area contributed by atoms with Crippen molar-refractivity contribution in [3.63, 3.8) is 0 Å². The third-order valence-corrected chi connectivity index (χ3v) is 3.17. The van der Waals surface area contributed by atoms with Gasteiger partial charge in [0, 0.05) is 25.1 Å². The zero-order valence-corrected chi connectivity index (χ0v) is 12.9. The molecule has 0 atom stereocenters. The molecule has 1 heterocycles. The van der Waals surface area contributed by atoms with Gasteiger partial charge in [-0.15, -0.1) is 0 Å². The predicted molar refractivity (Wildman–Crippen MR) is 84.5 cm³/mol. The van der Waals surface area contributed by atoms with Crippen LogP contribution in [0.15, 0.2) is 6.07 Å². The lowest BCUT2D eigenvalue weighted by Gasteiger charge is -2.11. The average molecular weight is 291 g/mol. The highest BCUT2D eigenvalue weighted by atomic mass is 16.2. The first-order chi connectivity index (χ1) is 10.2. The van der Waals surface area contributed by atoms with E-state index >= 15 is 0 Å². The van der Waals surface area contributed by atoms with Crippen LogP contribution in [0.1, 0.15) is 45.4 Å². The van der Waals surface area contributed by atoms with Crippen LogP contribution in [-0.2, 0) is 11.2 Å². The molecule has 1 fully saturated rings. The summed E-state index contributed by atoms with van der Waals surface area (Å²) in [4.78, 5) is 20.6. The molecule has 0 aliphatic heterocycles. The van der Waals surface area contributed by atoms with Crippen LogP contribution in [0, 0.1) is 0 Å². The molecule has 1 aliphatic rings. The Labute approximate surface area is 126 Å². The van der Waals surface area contributed by atoms with E-state index in [1.54, 1.807) is 0 Å². The van der Waals surface area contributed by atoms with Gasteiger partial charge in [0.1, 0.15) is 17.5 Å². The minimum Gasteiger partial charge on any atom is -0.370 e. The highest BCUT2D eigenvalue weighted by molar-refractivity contribution is 5.81. The summed E-state index contributed by atoms with van der Waals surface area (Å²) >= 11 is 0. The van der Waals surface area contributed by atoms with Gasteiger partial charge >= 0.3 is 0 Å². The molecule has 1 amide bonds. The molecule has 1 aliphatic carbocycles. The Morgan fingerprint density at radius 2 is 1.90 bits per heavy atom. The van der Waals surface area contributed by atoms with Crippen molar-refractivity contribution in [2.45, 2.75) is 52.0 Å². The largest absolute Gasteiger partial charge is 0.370 e. The SMILES string of the molecule is CCCNc1cc(NCC(=O)NC2CC2)nc(CCC)n1. The van der Waals surface area contributed by atoms with Crippen LogP contribution in [0.3, 0.4) is 0 Å². The normalized spacial score (nSPS) is 13.8. The standard InChI is InChI=1S/C15H25N5O/c1-3-5-12-19-13(16-8-4-2)9-14(20-12)17-10-15(21)18-11-6-7-11/h9,11H,3-8,10H2,1-2H3,(H,18,21)(H2,16,17,19,20). The molecule has 21 heavy (non-hydrogen) atoms. The zero-order chi connectivity index (χ0) is 15.1. The number of hydrogen-bond acceptors (Lipinski definition) is 5. The van der Waals surface area contributed by atoms with Crippen LogP contribution in [-0.4, -0.2) is 35.0 Å². The van der Waals surface area contributed by atoms with Crippen molar-refractivity contribution in [1.82, 2.24) is 15.3 Å². The number of amides is 1. The summed E-state index contributed by atoms with van der Waals surface area (Å²) in [5.41, 5.74) is 0. The van der Waals surface area contributed by atoms with Crippen molar-refractivity contribution in [2.24, 2.45) is 0 Å². The smallest absolute Gasteiger partial charge is 0.239 e. The summed E-state index contributed by atoms with van der Waals surface area (Å²) in [6.07, 6.45) is 5.08. The molecule has 3 N–H and O–H groups in total. The van der Waals surface area contributed by atoms with Gasteiger partial charge in [-0.1, -0.05) is 13.8 Å². The Morgan fingerprint density at radius 1 is 1.19 bits per heavy atom. The summed E-state index contributed by atoms with van der Waals surface area (Å²) in [5.74, 6) is 2.36. The Kier molecular flexibility index (Phi) is 5.78. The van der Waals surface area contributed by atoms with E-state index in [0.29, 0.717) is 11.9 Å². The van der Waals surface area contributed by atoms with E-state index in [4.69, 9.17) is 0 Å². The molecule has 1 aromatic heterocycles. The molecule has 6 nitrogen and oxygen atoms in total. The second kappa shape index (κ2) is 7.81. The molecule has 2 rings (SSSR count). The molecule has 0 bridgehead atoms. The van der Waals surface area contributed by atoms with Gasteiger partial charge < -0.3 is 16.0 Å². The van der Waals surface area contributed by atoms with Crippen LogP contribution in [0.5, 0.6) is 0 Å². The third kappa shape index (κ3) is 5.57. The van der Waals surface area contributed by atoms with E-state index in [2.05, 4.69) is 39.8 Å². The number of carbonyl (C=O) groups excluding carboxylic acids is 1. The first kappa shape index (κ1) is 15.5. The van der Waals surface area contributed by atoms with Crippen molar-refractivity contribution >= 4 is 17.5 Å². The van der Waals surface area contributed by atoms with Gasteiger partial charge in [-0.3, -0.25) is 4.79 Å². The van der Waals surface area contributed by atoms with Crippen molar-refractivity contribution in [3.05, 3.63) is 11.9 Å². The number of hydrogen-bond donors (Lipinski definition) is 3. The van der Waals surface area contributed by atoms with Crippen LogP contribution < -0.4 is 16.0 Å². The number of nitrogens with zero attached hydrogens (tertiary/aromatic N) is 2. The fourth-order valence-electron chi connectivity index (χ4n) is 1.94. The summed E-state index contributed by atoms with van der Waals surface area (Å²) in [5, 5.41) is 9.31. The Morgan fingerprint density at radius 3 is 2.52 bits per heavy atom. The summed E-state index contributed by atoms with van der Waals surface area (Å²) in [6, 6.07) is 2.25. The van der Waals surface area contributed by atoms with Crippen molar-refractivity contribution in [1.29, 1.82) is 0 Å². The molecular formula is C15H25N5O. The fraction of sp³-hybridized carbons (Fsp3) is 0.667. The van der Waals surface area contributed by atoms with Crippen LogP contribution in [0.4, 0.5) is 11.6 Å². The van der Waals surface area contributed by atoms with E-state index in [1.165, 1.54) is 0 Å². The second-order valence-electron chi connectivity index (χ2n) is 5.43. The maximum atomic E-state index is 11.7. The Hall–Kier alpha value is -1.85. The van der Waals surface area contributed by atoms with Gasteiger partial charge in [0.05, 0.1) is 6.54 Å². The van der Waals surface area contributed by atoms with E-state index in [-0.39, 0.29) is 12.5 Å². The zero-order valence-electron chi connectivity index (χ0n) is 12.9. The summed E-state index contributed by atoms with van der Waals surface area (Å²) in [7, 11) is 0. The van der Waals surface area contributed by atoms with Crippen molar-refractivity contribution in [2.75, 3.05) is 23.7 Å². The van der Waals surface area contributed by atoms with Gasteiger partial charge in [-0.25, -0.2) is 9.97 Å². The number of anilines is 2. The second-order valence-corrected chi connectivity index (χ2v) is 5.43. The number of aryl methyl sites for hydroxylation is 1. The lowest BCUT2D eigenvalue weighted by molar-refractivity contribution is -0.119. The van der Waals surface area contributed by atoms with Crippen molar-refractivity contribution < 1.29 is 4.79 Å². The van der Waals surface area contributed by atoms with E-state index in [0.717, 1.165) is 50.3 Å². The molecule has 1 saturated carbocycles. The summed E-state index contributed by atoms with van der Waals surface area (Å²) < 4.78 is 0. The number of rotatable bonds is 9. The van der Waals surface area contributed by atoms with Gasteiger partial charge in [0.15, 0.2) is 0 Å². The predicted octanol–water partition coefficient (Wildman–Crippen LogP) is 1.94. The van der Waals surface area contributed by atoms with E-state index < -0.39 is 0 Å². The monoisotopic (exact) mass is 291 g/mol. The molecule has 1 aromatic rings. The van der Waals surface area contributed by atoms with Crippen molar-refractivity contribution in [3.8, 4) is 0 Å². The van der Waals surface area contributed by atoms with Gasteiger partial charge in [0.25, 0.3) is 0 Å². The minimum absolute atomic E-state index is 0.0243. The molecule has 0 radical (unpaired) electrons. The molecule has 0 aromatic carbocycles. The van der Waals surface area contributed by atoms with E-state index in [1.807, 2.05) is 6.07 Å². The Bertz CT molecular complexity index is 473. The molecule has 116 valence electrons. The number of aromatic nitrogens is 2. The Balaban J connectivity index is 1.94.